The third kappa shape index (κ3) is 7.48. The molecular formula is C22H28AsClN5O4S. The summed E-state index contributed by atoms with van der Waals surface area (Å²) in [6, 6.07) is 9.63. The van der Waals surface area contributed by atoms with E-state index in [1.165, 1.54) is 18.2 Å². The van der Waals surface area contributed by atoms with Crippen molar-refractivity contribution in [3.63, 3.8) is 0 Å². The number of nitrogens with one attached hydrogen (secondary N) is 2. The number of carbonyl (C=O) groups is 2. The number of carbonyl (C=O) groups excluding carboxylic acids is 2. The van der Waals surface area contributed by atoms with Crippen LogP contribution < -0.4 is 25.4 Å². The number of nitrogen functional groups attached to an aromatic ring is 1. The summed E-state index contributed by atoms with van der Waals surface area (Å²) in [6.45, 7) is 3.45. The van der Waals surface area contributed by atoms with Gasteiger partial charge in [0.25, 0.3) is 0 Å². The standard InChI is InChI=1S/C22H28AsClN5O4S/c1-3-7-34(32,33)29(13-20(25)30)18-9-16(8-17(24)11-18)22(31)28-12-15-6-5-14(21(26)27)10-19(15)23-4-2/h5-6,8-11H,3-4,7,12-13H2,1-2H3,(H2,25,30)(H3,26,27)(H,28,31). The van der Waals surface area contributed by atoms with E-state index in [0.717, 1.165) is 19.4 Å². The molecule has 2 amide bonds. The Kier molecular flexibility index (Phi) is 9.97. The molecule has 0 aliphatic rings. The number of nitrogens with two attached hydrogens (primary N) is 2. The molecule has 1 radical (unpaired) electrons. The van der Waals surface area contributed by atoms with E-state index >= 15 is 0 Å². The van der Waals surface area contributed by atoms with Crippen LogP contribution in [0.5, 0.6) is 0 Å². The number of sulfonamides is 1. The number of hydrogen-bond donors (Lipinski definition) is 4. The Morgan fingerprint density at radius 2 is 1.82 bits per heavy atom. The maximum absolute atomic E-state index is 12.9. The van der Waals surface area contributed by atoms with Crippen molar-refractivity contribution in [1.82, 2.24) is 5.32 Å². The molecule has 0 bridgehead atoms. The molecule has 0 fully saturated rings. The Balaban J connectivity index is 2.32. The number of amides is 2. The van der Waals surface area contributed by atoms with Gasteiger partial charge in [-0.15, -0.1) is 0 Å². The van der Waals surface area contributed by atoms with Crippen LogP contribution in [0.4, 0.5) is 5.69 Å². The van der Waals surface area contributed by atoms with E-state index in [9.17, 15) is 18.0 Å². The molecule has 2 aromatic rings. The molecule has 0 saturated carbocycles. The molecular weight excluding hydrogens is 541 g/mol. The third-order valence-corrected chi connectivity index (χ3v) is 9.10. The summed E-state index contributed by atoms with van der Waals surface area (Å²) in [5.41, 5.74) is 12.7. The summed E-state index contributed by atoms with van der Waals surface area (Å²) in [5.74, 6) is -1.48. The van der Waals surface area contributed by atoms with Crippen molar-refractivity contribution >= 4 is 65.1 Å². The molecule has 6 N–H and O–H groups in total. The van der Waals surface area contributed by atoms with Crippen LogP contribution in [0.2, 0.25) is 10.2 Å². The molecule has 0 spiro atoms. The van der Waals surface area contributed by atoms with Crippen LogP contribution in [0.15, 0.2) is 36.4 Å². The Morgan fingerprint density at radius 1 is 1.12 bits per heavy atom. The fourth-order valence-electron chi connectivity index (χ4n) is 3.19. The Morgan fingerprint density at radius 3 is 2.41 bits per heavy atom. The number of primary amides is 1. The summed E-state index contributed by atoms with van der Waals surface area (Å²) in [4.78, 5) is 24.4. The van der Waals surface area contributed by atoms with E-state index in [1.54, 1.807) is 13.0 Å². The zero-order valence-electron chi connectivity index (χ0n) is 19.0. The van der Waals surface area contributed by atoms with Crippen molar-refractivity contribution in [1.29, 1.82) is 5.41 Å². The SMILES string of the molecule is CCCS(=O)(=O)N(CC(N)=O)c1cc(Cl)cc(C(=O)NCc2ccc(C(=N)N)cc2[As]CC)c1. The van der Waals surface area contributed by atoms with Gasteiger partial charge in [-0.2, -0.15) is 0 Å². The van der Waals surface area contributed by atoms with Gasteiger partial charge in [0.1, 0.15) is 0 Å². The van der Waals surface area contributed by atoms with E-state index < -0.39 is 28.4 Å². The molecule has 12 heteroatoms. The van der Waals surface area contributed by atoms with Crippen LogP contribution in [0.25, 0.3) is 0 Å². The minimum atomic E-state index is -3.84. The summed E-state index contributed by atoms with van der Waals surface area (Å²) >= 11 is 6.03. The van der Waals surface area contributed by atoms with Gasteiger partial charge < -0.3 is 0 Å². The van der Waals surface area contributed by atoms with Crippen molar-refractivity contribution in [2.24, 2.45) is 11.5 Å². The van der Waals surface area contributed by atoms with Crippen molar-refractivity contribution in [3.8, 4) is 0 Å². The molecule has 0 unspecified atom stereocenters. The van der Waals surface area contributed by atoms with Crippen LogP contribution in [-0.4, -0.2) is 54.1 Å². The zero-order chi connectivity index (χ0) is 25.5. The Bertz CT molecular complexity index is 1190. The predicted molar refractivity (Wildman–Crippen MR) is 137 cm³/mol. The third-order valence-electron chi connectivity index (χ3n) is 4.69. The molecule has 9 nitrogen and oxygen atoms in total. The van der Waals surface area contributed by atoms with Gasteiger partial charge in [0.15, 0.2) is 0 Å². The van der Waals surface area contributed by atoms with Crippen LogP contribution in [0.1, 0.15) is 41.8 Å². The number of hydrogen-bond acceptors (Lipinski definition) is 5. The molecule has 183 valence electrons. The Hall–Kier alpha value is -2.55. The molecule has 2 rings (SSSR count). The monoisotopic (exact) mass is 568 g/mol. The first-order valence-corrected chi connectivity index (χ1v) is 14.8. The van der Waals surface area contributed by atoms with Gasteiger partial charge in [-0.05, 0) is 0 Å². The molecule has 0 heterocycles. The first kappa shape index (κ1) is 27.7. The van der Waals surface area contributed by atoms with Crippen molar-refractivity contribution in [3.05, 3.63) is 58.1 Å². The van der Waals surface area contributed by atoms with Crippen LogP contribution in [-0.2, 0) is 21.4 Å². The predicted octanol–water partition coefficient (Wildman–Crippen LogP) is 1.35. The first-order chi connectivity index (χ1) is 16.0. The van der Waals surface area contributed by atoms with Crippen LogP contribution in [0, 0.1) is 5.41 Å². The molecule has 2 aromatic carbocycles. The van der Waals surface area contributed by atoms with E-state index in [-0.39, 0.29) is 50.2 Å². The normalized spacial score (nSPS) is 11.5. The number of rotatable bonds is 12. The molecule has 0 aliphatic carbocycles. The first-order valence-electron chi connectivity index (χ1n) is 10.5. The van der Waals surface area contributed by atoms with Crippen molar-refractivity contribution in [2.45, 2.75) is 32.0 Å². The number of anilines is 1. The van der Waals surface area contributed by atoms with Gasteiger partial charge in [-0.25, -0.2) is 0 Å². The summed E-state index contributed by atoms with van der Waals surface area (Å²) in [6.07, 6.45) is 0.344. The zero-order valence-corrected chi connectivity index (χ0v) is 22.4. The summed E-state index contributed by atoms with van der Waals surface area (Å²) in [7, 11) is -3.84. The molecule has 34 heavy (non-hydrogen) atoms. The second-order valence-electron chi connectivity index (χ2n) is 7.40. The van der Waals surface area contributed by atoms with E-state index in [0.29, 0.717) is 12.0 Å². The maximum atomic E-state index is 12.9. The molecule has 0 aromatic heterocycles. The Labute approximate surface area is 211 Å². The fraction of sp³-hybridized carbons (Fsp3) is 0.318. The molecule has 0 saturated heterocycles. The van der Waals surface area contributed by atoms with Gasteiger partial charge in [0.05, 0.1) is 0 Å². The second kappa shape index (κ2) is 12.2. The van der Waals surface area contributed by atoms with Crippen molar-refractivity contribution < 1.29 is 18.0 Å². The van der Waals surface area contributed by atoms with Gasteiger partial charge in [-0.1, -0.05) is 6.92 Å². The van der Waals surface area contributed by atoms with Crippen LogP contribution >= 0.6 is 11.6 Å². The minimum absolute atomic E-state index is 0.0147. The van der Waals surface area contributed by atoms with Gasteiger partial charge in [0, 0.05) is 0 Å². The van der Waals surface area contributed by atoms with E-state index in [4.69, 9.17) is 28.5 Å². The number of amidine groups is 1. The summed E-state index contributed by atoms with van der Waals surface area (Å²) in [5, 5.41) is 11.6. The quantitative estimate of drug-likeness (QED) is 0.172. The average molecular weight is 569 g/mol. The average Bonchev–Trinajstić information content (AvgIpc) is 2.75. The van der Waals surface area contributed by atoms with Gasteiger partial charge in [0.2, 0.25) is 0 Å². The molecule has 0 atom stereocenters. The fourth-order valence-corrected chi connectivity index (χ4v) is 6.85. The van der Waals surface area contributed by atoms with Gasteiger partial charge >= 0.3 is 205 Å². The van der Waals surface area contributed by atoms with E-state index in [1.807, 2.05) is 12.1 Å². The number of nitrogens with zero attached hydrogens (tertiary/aromatic N) is 1. The van der Waals surface area contributed by atoms with Crippen molar-refractivity contribution in [2.75, 3.05) is 16.6 Å². The summed E-state index contributed by atoms with van der Waals surface area (Å²) < 4.78 is 27.3. The molecule has 0 aliphatic heterocycles. The number of benzene rings is 2. The number of halogens is 1. The second-order valence-corrected chi connectivity index (χ2v) is 12.9. The van der Waals surface area contributed by atoms with Crippen LogP contribution in [0.3, 0.4) is 0 Å². The topological polar surface area (TPSA) is 159 Å². The van der Waals surface area contributed by atoms with E-state index in [2.05, 4.69) is 12.2 Å². The van der Waals surface area contributed by atoms with Gasteiger partial charge in [-0.3, -0.25) is 0 Å².